The monoisotopic (exact) mass is 134 g/mol. The van der Waals surface area contributed by atoms with E-state index in [1.165, 1.54) is 11.1 Å². The summed E-state index contributed by atoms with van der Waals surface area (Å²) in [6.07, 6.45) is 7.69. The first-order valence-corrected chi connectivity index (χ1v) is 3.30. The van der Waals surface area contributed by atoms with Gasteiger partial charge in [-0.3, -0.25) is 0 Å². The van der Waals surface area contributed by atoms with Crippen LogP contribution in [0.5, 0.6) is 0 Å². The van der Waals surface area contributed by atoms with Crippen LogP contribution in [0.1, 0.15) is 13.8 Å². The maximum absolute atomic E-state index is 3.64. The highest BCUT2D eigenvalue weighted by Gasteiger charge is 1.76. The quantitative estimate of drug-likeness (QED) is 0.520. The molecule has 0 N–H and O–H groups in total. The van der Waals surface area contributed by atoms with Crippen LogP contribution < -0.4 is 0 Å². The standard InChI is InChI=1S/C10H14/c1-5-9(3)7-8-10(4)6-2/h5-8H,1-2H2,3-4H3/b9-7-,10-8+. The molecule has 0 amide bonds. The van der Waals surface area contributed by atoms with E-state index < -0.39 is 0 Å². The highest BCUT2D eigenvalue weighted by atomic mass is 13.8. The van der Waals surface area contributed by atoms with Gasteiger partial charge in [-0.1, -0.05) is 48.6 Å². The van der Waals surface area contributed by atoms with E-state index in [2.05, 4.69) is 13.2 Å². The first-order valence-electron chi connectivity index (χ1n) is 3.30. The van der Waals surface area contributed by atoms with Crippen LogP contribution in [0.15, 0.2) is 48.6 Å². The predicted molar refractivity (Wildman–Crippen MR) is 47.9 cm³/mol. The molecule has 0 radical (unpaired) electrons. The average Bonchev–Trinajstić information content (AvgIpc) is 1.99. The fourth-order valence-electron chi connectivity index (χ4n) is 0.399. The molecular weight excluding hydrogens is 120 g/mol. The Labute approximate surface area is 63.3 Å². The minimum absolute atomic E-state index is 1.17. The van der Waals surface area contributed by atoms with Gasteiger partial charge in [0.05, 0.1) is 0 Å². The Bertz CT molecular complexity index is 158. The van der Waals surface area contributed by atoms with Gasteiger partial charge in [-0.25, -0.2) is 0 Å². The summed E-state index contributed by atoms with van der Waals surface area (Å²) in [5, 5.41) is 0. The lowest BCUT2D eigenvalue weighted by Crippen LogP contribution is -1.66. The van der Waals surface area contributed by atoms with Gasteiger partial charge in [0.2, 0.25) is 0 Å². The van der Waals surface area contributed by atoms with Gasteiger partial charge in [0.15, 0.2) is 0 Å². The summed E-state index contributed by atoms with van der Waals surface area (Å²) in [6.45, 7) is 11.3. The summed E-state index contributed by atoms with van der Waals surface area (Å²) >= 11 is 0. The van der Waals surface area contributed by atoms with E-state index in [1.54, 1.807) is 0 Å². The molecule has 0 saturated heterocycles. The third kappa shape index (κ3) is 3.90. The lowest BCUT2D eigenvalue weighted by atomic mass is 10.2. The zero-order chi connectivity index (χ0) is 7.98. The van der Waals surface area contributed by atoms with Crippen LogP contribution in [-0.2, 0) is 0 Å². The average molecular weight is 134 g/mol. The molecule has 0 aromatic heterocycles. The molecule has 0 aliphatic rings. The Morgan fingerprint density at radius 1 is 0.900 bits per heavy atom. The van der Waals surface area contributed by atoms with E-state index in [4.69, 9.17) is 0 Å². The van der Waals surface area contributed by atoms with Gasteiger partial charge in [-0.05, 0) is 13.8 Å². The smallest absolute Gasteiger partial charge is 0.0398 e. The van der Waals surface area contributed by atoms with E-state index >= 15 is 0 Å². The van der Waals surface area contributed by atoms with Crippen molar-refractivity contribution in [2.45, 2.75) is 13.8 Å². The van der Waals surface area contributed by atoms with E-state index in [0.717, 1.165) is 0 Å². The Balaban J connectivity index is 4.16. The molecule has 0 bridgehead atoms. The molecular formula is C10H14. The van der Waals surface area contributed by atoms with Crippen LogP contribution in [0, 0.1) is 0 Å². The zero-order valence-corrected chi connectivity index (χ0v) is 6.72. The van der Waals surface area contributed by atoms with Gasteiger partial charge in [0.25, 0.3) is 0 Å². The Morgan fingerprint density at radius 3 is 1.40 bits per heavy atom. The van der Waals surface area contributed by atoms with E-state index in [9.17, 15) is 0 Å². The van der Waals surface area contributed by atoms with Crippen LogP contribution >= 0.6 is 0 Å². The first-order chi connectivity index (χ1) is 4.70. The number of hydrogen-bond acceptors (Lipinski definition) is 0. The second kappa shape index (κ2) is 4.80. The van der Waals surface area contributed by atoms with Crippen molar-refractivity contribution in [3.05, 3.63) is 48.6 Å². The summed E-state index contributed by atoms with van der Waals surface area (Å²) in [6, 6.07) is 0. The van der Waals surface area contributed by atoms with Gasteiger partial charge in [0.1, 0.15) is 0 Å². The maximum Gasteiger partial charge on any atom is -0.0398 e. The largest absolute Gasteiger partial charge is 0.0988 e. The molecule has 0 heteroatoms. The first kappa shape index (κ1) is 8.96. The lowest BCUT2D eigenvalue weighted by molar-refractivity contribution is 1.49. The fourth-order valence-corrected chi connectivity index (χ4v) is 0.399. The van der Waals surface area contributed by atoms with Gasteiger partial charge >= 0.3 is 0 Å². The predicted octanol–water partition coefficient (Wildman–Crippen LogP) is 3.25. The summed E-state index contributed by atoms with van der Waals surface area (Å²) in [7, 11) is 0. The molecule has 0 unspecified atom stereocenters. The Kier molecular flexibility index (Phi) is 4.30. The topological polar surface area (TPSA) is 0 Å². The molecule has 10 heavy (non-hydrogen) atoms. The number of hydrogen-bond donors (Lipinski definition) is 0. The molecule has 0 nitrogen and oxygen atoms in total. The Morgan fingerprint density at radius 2 is 1.20 bits per heavy atom. The maximum atomic E-state index is 3.64. The zero-order valence-electron chi connectivity index (χ0n) is 6.72. The molecule has 54 valence electrons. The van der Waals surface area contributed by atoms with Crippen LogP contribution in [0.3, 0.4) is 0 Å². The summed E-state index contributed by atoms with van der Waals surface area (Å²) in [4.78, 5) is 0. The van der Waals surface area contributed by atoms with Crippen LogP contribution in [0.2, 0.25) is 0 Å². The van der Waals surface area contributed by atoms with Crippen molar-refractivity contribution in [1.29, 1.82) is 0 Å². The molecule has 0 rings (SSSR count). The van der Waals surface area contributed by atoms with Gasteiger partial charge < -0.3 is 0 Å². The van der Waals surface area contributed by atoms with Gasteiger partial charge in [-0.2, -0.15) is 0 Å². The molecule has 0 spiro atoms. The lowest BCUT2D eigenvalue weighted by Gasteiger charge is -1.87. The van der Waals surface area contributed by atoms with Crippen molar-refractivity contribution in [2.24, 2.45) is 0 Å². The number of rotatable bonds is 3. The van der Waals surface area contributed by atoms with Crippen molar-refractivity contribution in [2.75, 3.05) is 0 Å². The van der Waals surface area contributed by atoms with E-state index in [0.29, 0.717) is 0 Å². The van der Waals surface area contributed by atoms with Crippen molar-refractivity contribution in [3.63, 3.8) is 0 Å². The van der Waals surface area contributed by atoms with E-state index in [1.807, 2.05) is 38.2 Å². The van der Waals surface area contributed by atoms with E-state index in [-0.39, 0.29) is 0 Å². The molecule has 0 aromatic rings. The molecule has 0 fully saturated rings. The fraction of sp³-hybridized carbons (Fsp3) is 0.200. The second-order valence-electron chi connectivity index (χ2n) is 2.23. The van der Waals surface area contributed by atoms with Crippen LogP contribution in [-0.4, -0.2) is 0 Å². The van der Waals surface area contributed by atoms with Crippen molar-refractivity contribution >= 4 is 0 Å². The highest BCUT2D eigenvalue weighted by molar-refractivity contribution is 5.25. The molecule has 0 heterocycles. The molecule has 0 aliphatic heterocycles. The summed E-state index contributed by atoms with van der Waals surface area (Å²) in [5.41, 5.74) is 2.34. The molecule has 0 atom stereocenters. The normalized spacial score (nSPS) is 13.0. The number of allylic oxidation sites excluding steroid dienone is 6. The van der Waals surface area contributed by atoms with Crippen molar-refractivity contribution in [3.8, 4) is 0 Å². The SMILES string of the molecule is C=C/C(C)=C\C=C(/C)C=C. The molecule has 0 saturated carbocycles. The van der Waals surface area contributed by atoms with Crippen LogP contribution in [0.25, 0.3) is 0 Å². The summed E-state index contributed by atoms with van der Waals surface area (Å²) in [5.74, 6) is 0. The molecule has 0 aromatic carbocycles. The van der Waals surface area contributed by atoms with Gasteiger partial charge in [-0.15, -0.1) is 0 Å². The van der Waals surface area contributed by atoms with Crippen molar-refractivity contribution in [1.82, 2.24) is 0 Å². The highest BCUT2D eigenvalue weighted by Crippen LogP contribution is 1.97. The minimum atomic E-state index is 1.17. The molecule has 0 aliphatic carbocycles. The Hall–Kier alpha value is -1.04. The minimum Gasteiger partial charge on any atom is -0.0988 e. The van der Waals surface area contributed by atoms with Crippen LogP contribution in [0.4, 0.5) is 0 Å². The summed E-state index contributed by atoms with van der Waals surface area (Å²) < 4.78 is 0. The second-order valence-corrected chi connectivity index (χ2v) is 2.23. The third-order valence-corrected chi connectivity index (χ3v) is 1.25. The van der Waals surface area contributed by atoms with Gasteiger partial charge in [0, 0.05) is 0 Å². The third-order valence-electron chi connectivity index (χ3n) is 1.25. The van der Waals surface area contributed by atoms with Crippen molar-refractivity contribution < 1.29 is 0 Å².